The summed E-state index contributed by atoms with van der Waals surface area (Å²) < 4.78 is 0. The first-order chi connectivity index (χ1) is 6.34. The molecule has 1 aromatic heterocycles. The molecule has 2 heteroatoms. The van der Waals surface area contributed by atoms with Crippen LogP contribution in [0.5, 0.6) is 0 Å². The third-order valence-corrected chi connectivity index (χ3v) is 3.26. The minimum Gasteiger partial charge on any atom is -0.309 e. The number of hydrogen-bond acceptors (Lipinski definition) is 2. The Bertz CT molecular complexity index is 206. The lowest BCUT2D eigenvalue weighted by atomic mass is 10.2. The highest BCUT2D eigenvalue weighted by Crippen LogP contribution is 2.17. The minimum absolute atomic E-state index is 0.525. The van der Waals surface area contributed by atoms with E-state index in [1.54, 1.807) is 0 Å². The molecule has 0 aliphatic carbocycles. The van der Waals surface area contributed by atoms with Crippen LogP contribution in [-0.4, -0.2) is 6.54 Å². The minimum atomic E-state index is 0.525. The van der Waals surface area contributed by atoms with Crippen molar-refractivity contribution >= 4 is 11.3 Å². The van der Waals surface area contributed by atoms with Crippen molar-refractivity contribution in [2.75, 3.05) is 6.54 Å². The Balaban J connectivity index is 2.15. The van der Waals surface area contributed by atoms with Crippen molar-refractivity contribution in [3.63, 3.8) is 0 Å². The van der Waals surface area contributed by atoms with Gasteiger partial charge in [-0.25, -0.2) is 0 Å². The van der Waals surface area contributed by atoms with Crippen LogP contribution in [0.1, 0.15) is 44.0 Å². The van der Waals surface area contributed by atoms with Crippen LogP contribution in [-0.2, 0) is 0 Å². The molecule has 1 heterocycles. The summed E-state index contributed by atoms with van der Waals surface area (Å²) >= 11 is 1.83. The lowest BCUT2D eigenvalue weighted by Crippen LogP contribution is -2.18. The van der Waals surface area contributed by atoms with Crippen molar-refractivity contribution in [2.45, 2.75) is 39.2 Å². The van der Waals surface area contributed by atoms with Gasteiger partial charge >= 0.3 is 0 Å². The van der Waals surface area contributed by atoms with Crippen LogP contribution in [0.2, 0.25) is 0 Å². The predicted octanol–water partition coefficient (Wildman–Crippen LogP) is 3.59. The van der Waals surface area contributed by atoms with Gasteiger partial charge < -0.3 is 5.32 Å². The fourth-order valence-corrected chi connectivity index (χ4v) is 2.09. The number of rotatable bonds is 6. The van der Waals surface area contributed by atoms with Crippen LogP contribution in [0.25, 0.3) is 0 Å². The highest BCUT2D eigenvalue weighted by Gasteiger charge is 2.03. The maximum absolute atomic E-state index is 3.53. The van der Waals surface area contributed by atoms with E-state index in [2.05, 4.69) is 36.7 Å². The number of hydrogen-bond donors (Lipinski definition) is 1. The normalized spacial score (nSPS) is 13.1. The van der Waals surface area contributed by atoms with E-state index >= 15 is 0 Å². The largest absolute Gasteiger partial charge is 0.309 e. The molecule has 0 amide bonds. The topological polar surface area (TPSA) is 12.0 Å². The first-order valence-corrected chi connectivity index (χ1v) is 5.99. The van der Waals surface area contributed by atoms with E-state index in [1.807, 2.05) is 11.3 Å². The molecule has 1 rings (SSSR count). The van der Waals surface area contributed by atoms with E-state index in [0.29, 0.717) is 6.04 Å². The van der Waals surface area contributed by atoms with E-state index in [1.165, 1.54) is 24.1 Å². The first-order valence-electron chi connectivity index (χ1n) is 5.11. The van der Waals surface area contributed by atoms with Crippen molar-refractivity contribution in [3.8, 4) is 0 Å². The van der Waals surface area contributed by atoms with Gasteiger partial charge in [0, 0.05) is 10.9 Å². The maximum atomic E-state index is 3.53. The SMILES string of the molecule is CCCCCN[C@@H](C)c1cccs1. The van der Waals surface area contributed by atoms with E-state index in [4.69, 9.17) is 0 Å². The molecule has 0 unspecified atom stereocenters. The summed E-state index contributed by atoms with van der Waals surface area (Å²) in [5.74, 6) is 0. The monoisotopic (exact) mass is 197 g/mol. The molecular formula is C11H19NS. The quantitative estimate of drug-likeness (QED) is 0.687. The second-order valence-electron chi connectivity index (χ2n) is 3.40. The molecule has 0 aromatic carbocycles. The number of unbranched alkanes of at least 4 members (excludes halogenated alkanes) is 2. The van der Waals surface area contributed by atoms with Crippen molar-refractivity contribution in [1.29, 1.82) is 0 Å². The van der Waals surface area contributed by atoms with Gasteiger partial charge in [-0.2, -0.15) is 0 Å². The Hall–Kier alpha value is -0.340. The first kappa shape index (κ1) is 10.7. The van der Waals surface area contributed by atoms with Crippen molar-refractivity contribution in [2.24, 2.45) is 0 Å². The Kier molecular flexibility index (Phi) is 5.09. The predicted molar refractivity (Wildman–Crippen MR) is 60.3 cm³/mol. The molecule has 0 saturated carbocycles. The van der Waals surface area contributed by atoms with Crippen molar-refractivity contribution < 1.29 is 0 Å². The summed E-state index contributed by atoms with van der Waals surface area (Å²) in [6, 6.07) is 4.84. The van der Waals surface area contributed by atoms with Crippen LogP contribution in [0, 0.1) is 0 Å². The van der Waals surface area contributed by atoms with Crippen molar-refractivity contribution in [1.82, 2.24) is 5.32 Å². The Morgan fingerprint density at radius 3 is 2.92 bits per heavy atom. The van der Waals surface area contributed by atoms with Gasteiger partial charge in [-0.3, -0.25) is 0 Å². The molecule has 0 radical (unpaired) electrons. The van der Waals surface area contributed by atoms with Gasteiger partial charge in [-0.1, -0.05) is 25.8 Å². The van der Waals surface area contributed by atoms with Crippen LogP contribution in [0.15, 0.2) is 17.5 Å². The lowest BCUT2D eigenvalue weighted by Gasteiger charge is -2.11. The molecular weight excluding hydrogens is 178 g/mol. The molecule has 0 aliphatic heterocycles. The molecule has 1 nitrogen and oxygen atoms in total. The molecule has 0 fully saturated rings. The fraction of sp³-hybridized carbons (Fsp3) is 0.636. The smallest absolute Gasteiger partial charge is 0.0386 e. The van der Waals surface area contributed by atoms with E-state index in [0.717, 1.165) is 6.54 Å². The summed E-state index contributed by atoms with van der Waals surface area (Å²) in [6.45, 7) is 5.62. The zero-order chi connectivity index (χ0) is 9.52. The number of nitrogens with one attached hydrogen (secondary N) is 1. The van der Waals surface area contributed by atoms with Crippen LogP contribution >= 0.6 is 11.3 Å². The highest BCUT2D eigenvalue weighted by molar-refractivity contribution is 7.10. The molecule has 1 aromatic rings. The second-order valence-corrected chi connectivity index (χ2v) is 4.38. The van der Waals surface area contributed by atoms with Crippen molar-refractivity contribution in [3.05, 3.63) is 22.4 Å². The average molecular weight is 197 g/mol. The fourth-order valence-electron chi connectivity index (χ4n) is 1.33. The number of thiophene rings is 1. The maximum Gasteiger partial charge on any atom is 0.0386 e. The summed E-state index contributed by atoms with van der Waals surface area (Å²) in [6.07, 6.45) is 3.94. The molecule has 13 heavy (non-hydrogen) atoms. The lowest BCUT2D eigenvalue weighted by molar-refractivity contribution is 0.549. The Morgan fingerprint density at radius 2 is 2.31 bits per heavy atom. The van der Waals surface area contributed by atoms with Gasteiger partial charge in [0.2, 0.25) is 0 Å². The van der Waals surface area contributed by atoms with Gasteiger partial charge in [0.15, 0.2) is 0 Å². The summed E-state index contributed by atoms with van der Waals surface area (Å²) in [7, 11) is 0. The average Bonchev–Trinajstić information content (AvgIpc) is 2.65. The van der Waals surface area contributed by atoms with Crippen LogP contribution < -0.4 is 5.32 Å². The van der Waals surface area contributed by atoms with E-state index in [9.17, 15) is 0 Å². The van der Waals surface area contributed by atoms with Crippen LogP contribution in [0.4, 0.5) is 0 Å². The summed E-state index contributed by atoms with van der Waals surface area (Å²) in [4.78, 5) is 1.44. The molecule has 1 N–H and O–H groups in total. The van der Waals surface area contributed by atoms with Crippen LogP contribution in [0.3, 0.4) is 0 Å². The van der Waals surface area contributed by atoms with Gasteiger partial charge in [0.1, 0.15) is 0 Å². The third kappa shape index (κ3) is 3.92. The molecule has 1 atom stereocenters. The summed E-state index contributed by atoms with van der Waals surface area (Å²) in [5.41, 5.74) is 0. The zero-order valence-corrected chi connectivity index (χ0v) is 9.36. The highest BCUT2D eigenvalue weighted by atomic mass is 32.1. The van der Waals surface area contributed by atoms with E-state index < -0.39 is 0 Å². The molecule has 74 valence electrons. The molecule has 0 bridgehead atoms. The van der Waals surface area contributed by atoms with E-state index in [-0.39, 0.29) is 0 Å². The van der Waals surface area contributed by atoms with Gasteiger partial charge in [0.05, 0.1) is 0 Å². The Labute approximate surface area is 85.2 Å². The summed E-state index contributed by atoms with van der Waals surface area (Å²) in [5, 5.41) is 5.67. The molecule has 0 aliphatic rings. The van der Waals surface area contributed by atoms with Gasteiger partial charge in [0.25, 0.3) is 0 Å². The molecule has 0 spiro atoms. The van der Waals surface area contributed by atoms with Gasteiger partial charge in [-0.05, 0) is 31.3 Å². The second kappa shape index (κ2) is 6.17. The van der Waals surface area contributed by atoms with Gasteiger partial charge in [-0.15, -0.1) is 11.3 Å². The zero-order valence-electron chi connectivity index (χ0n) is 8.55. The third-order valence-electron chi connectivity index (χ3n) is 2.20. The standard InChI is InChI=1S/C11H19NS/c1-3-4-5-8-12-10(2)11-7-6-9-13-11/h6-7,9-10,12H,3-5,8H2,1-2H3/t10-/m0/s1. The molecule has 0 saturated heterocycles. The Morgan fingerprint density at radius 1 is 1.46 bits per heavy atom.